The normalized spacial score (nSPS) is 14.2. The van der Waals surface area contributed by atoms with Gasteiger partial charge in [0.2, 0.25) is 0 Å². The average molecular weight is 426 g/mol. The molecule has 4 aromatic carbocycles. The molecule has 1 unspecified atom stereocenters. The number of hydrogen-bond acceptors (Lipinski definition) is 3. The van der Waals surface area contributed by atoms with Crippen LogP contribution < -0.4 is 14.4 Å². The summed E-state index contributed by atoms with van der Waals surface area (Å²) >= 11 is 0. The minimum absolute atomic E-state index is 0.278. The average Bonchev–Trinajstić information content (AvgIpc) is 2.84. The molecule has 0 amide bonds. The van der Waals surface area contributed by atoms with Crippen LogP contribution in [-0.4, -0.2) is 13.7 Å². The van der Waals surface area contributed by atoms with E-state index in [2.05, 4.69) is 42.2 Å². The van der Waals surface area contributed by atoms with Crippen molar-refractivity contribution in [2.45, 2.75) is 13.0 Å². The van der Waals surface area contributed by atoms with Gasteiger partial charge in [-0.25, -0.2) is 4.39 Å². The standard InChI is InChI=1S/C28H24FNO2/c1-3-30(21-11-5-4-6-12-21)22-15-16-23-24(18-22)28(19-9-7-10-20(29)17-19)32-26-14-8-13-25(31-2)27(23)26/h4-18,28H,3H2,1-2H3. The van der Waals surface area contributed by atoms with E-state index in [4.69, 9.17) is 9.47 Å². The lowest BCUT2D eigenvalue weighted by Crippen LogP contribution is -2.19. The van der Waals surface area contributed by atoms with Crippen molar-refractivity contribution < 1.29 is 13.9 Å². The Hall–Kier alpha value is -3.79. The summed E-state index contributed by atoms with van der Waals surface area (Å²) in [6.07, 6.45) is -0.422. The van der Waals surface area contributed by atoms with Crippen LogP contribution in [0.5, 0.6) is 11.5 Å². The zero-order valence-corrected chi connectivity index (χ0v) is 18.1. The van der Waals surface area contributed by atoms with E-state index in [1.807, 2.05) is 42.5 Å². The smallest absolute Gasteiger partial charge is 0.150 e. The molecular formula is C28H24FNO2. The van der Waals surface area contributed by atoms with Crippen LogP contribution in [0.3, 0.4) is 0 Å². The molecule has 0 aliphatic carbocycles. The molecule has 4 aromatic rings. The number of rotatable bonds is 5. The molecule has 4 heteroatoms. The number of hydrogen-bond donors (Lipinski definition) is 0. The SMILES string of the molecule is CCN(c1ccccc1)c1ccc2c(c1)C(c1cccc(F)c1)Oc1cccc(OC)c1-2. The highest BCUT2D eigenvalue weighted by molar-refractivity contribution is 5.83. The van der Waals surface area contributed by atoms with Gasteiger partial charge in [-0.05, 0) is 66.6 Å². The van der Waals surface area contributed by atoms with E-state index in [0.717, 1.165) is 51.7 Å². The van der Waals surface area contributed by atoms with E-state index in [9.17, 15) is 4.39 Å². The Morgan fingerprint density at radius 3 is 2.44 bits per heavy atom. The molecule has 0 aromatic heterocycles. The first-order valence-corrected chi connectivity index (χ1v) is 10.8. The fraction of sp³-hybridized carbons (Fsp3) is 0.143. The van der Waals surface area contributed by atoms with E-state index in [-0.39, 0.29) is 5.82 Å². The Morgan fingerprint density at radius 1 is 0.875 bits per heavy atom. The molecule has 0 fully saturated rings. The molecule has 160 valence electrons. The molecule has 1 aliphatic heterocycles. The van der Waals surface area contributed by atoms with Crippen LogP contribution in [0.2, 0.25) is 0 Å². The first-order valence-electron chi connectivity index (χ1n) is 10.8. The highest BCUT2D eigenvalue weighted by atomic mass is 19.1. The van der Waals surface area contributed by atoms with Crippen molar-refractivity contribution in [2.75, 3.05) is 18.6 Å². The molecule has 0 saturated heterocycles. The lowest BCUT2D eigenvalue weighted by atomic mass is 9.88. The molecule has 0 bridgehead atoms. The van der Waals surface area contributed by atoms with Crippen molar-refractivity contribution in [1.82, 2.24) is 0 Å². The van der Waals surface area contributed by atoms with Crippen LogP contribution >= 0.6 is 0 Å². The molecule has 0 N–H and O–H groups in total. The number of nitrogens with zero attached hydrogens (tertiary/aromatic N) is 1. The predicted molar refractivity (Wildman–Crippen MR) is 126 cm³/mol. The number of methoxy groups -OCH3 is 1. The van der Waals surface area contributed by atoms with Gasteiger partial charge in [0.1, 0.15) is 23.4 Å². The predicted octanol–water partition coefficient (Wildman–Crippen LogP) is 7.14. The van der Waals surface area contributed by atoms with Crippen molar-refractivity contribution >= 4 is 11.4 Å². The molecule has 3 nitrogen and oxygen atoms in total. The first kappa shape index (κ1) is 20.1. The van der Waals surface area contributed by atoms with Crippen LogP contribution in [0.25, 0.3) is 11.1 Å². The molecule has 1 atom stereocenters. The lowest BCUT2D eigenvalue weighted by molar-refractivity contribution is 0.241. The fourth-order valence-corrected chi connectivity index (χ4v) is 4.44. The zero-order chi connectivity index (χ0) is 22.1. The quantitative estimate of drug-likeness (QED) is 0.339. The number of fused-ring (bicyclic) bond motifs is 3. The maximum atomic E-state index is 14.1. The van der Waals surface area contributed by atoms with Crippen LogP contribution in [-0.2, 0) is 0 Å². The molecule has 0 spiro atoms. The third-order valence-corrected chi connectivity index (χ3v) is 5.89. The van der Waals surface area contributed by atoms with Crippen LogP contribution in [0.4, 0.5) is 15.8 Å². The maximum absolute atomic E-state index is 14.1. The third kappa shape index (κ3) is 3.48. The highest BCUT2D eigenvalue weighted by Crippen LogP contribution is 2.50. The van der Waals surface area contributed by atoms with Gasteiger partial charge < -0.3 is 14.4 Å². The van der Waals surface area contributed by atoms with Gasteiger partial charge >= 0.3 is 0 Å². The van der Waals surface area contributed by atoms with Crippen molar-refractivity contribution in [3.05, 3.63) is 108 Å². The molecule has 5 rings (SSSR count). The molecule has 1 heterocycles. The Kier molecular flexibility index (Phi) is 5.28. The van der Waals surface area contributed by atoms with Gasteiger partial charge in [0.05, 0.1) is 12.7 Å². The Labute approximate surface area is 187 Å². The Morgan fingerprint density at radius 2 is 1.69 bits per heavy atom. The number of halogens is 1. The minimum atomic E-state index is -0.422. The van der Waals surface area contributed by atoms with E-state index in [1.165, 1.54) is 6.07 Å². The molecule has 1 aliphatic rings. The summed E-state index contributed by atoms with van der Waals surface area (Å²) in [4.78, 5) is 2.25. The van der Waals surface area contributed by atoms with Gasteiger partial charge in [-0.3, -0.25) is 0 Å². The van der Waals surface area contributed by atoms with E-state index >= 15 is 0 Å². The minimum Gasteiger partial charge on any atom is -0.496 e. The summed E-state index contributed by atoms with van der Waals surface area (Å²) in [6, 6.07) is 29.1. The van der Waals surface area contributed by atoms with Gasteiger partial charge in [0, 0.05) is 23.5 Å². The third-order valence-electron chi connectivity index (χ3n) is 5.89. The van der Waals surface area contributed by atoms with Crippen molar-refractivity contribution in [2.24, 2.45) is 0 Å². The summed E-state index contributed by atoms with van der Waals surface area (Å²) < 4.78 is 26.2. The maximum Gasteiger partial charge on any atom is 0.150 e. The van der Waals surface area contributed by atoms with Gasteiger partial charge in [-0.15, -0.1) is 0 Å². The monoisotopic (exact) mass is 425 g/mol. The molecule has 32 heavy (non-hydrogen) atoms. The van der Waals surface area contributed by atoms with Crippen molar-refractivity contribution in [1.29, 1.82) is 0 Å². The fourth-order valence-electron chi connectivity index (χ4n) is 4.44. The second-order valence-electron chi connectivity index (χ2n) is 7.74. The van der Waals surface area contributed by atoms with Crippen LogP contribution in [0.15, 0.2) is 91.0 Å². The second kappa shape index (κ2) is 8.39. The number of para-hydroxylation sites is 1. The van der Waals surface area contributed by atoms with Crippen LogP contribution in [0.1, 0.15) is 24.2 Å². The van der Waals surface area contributed by atoms with E-state index < -0.39 is 6.10 Å². The summed E-state index contributed by atoms with van der Waals surface area (Å²) in [5.74, 6) is 1.21. The van der Waals surface area contributed by atoms with E-state index in [1.54, 1.807) is 19.2 Å². The topological polar surface area (TPSA) is 21.7 Å². The van der Waals surface area contributed by atoms with E-state index in [0.29, 0.717) is 0 Å². The molecule has 0 radical (unpaired) electrons. The lowest BCUT2D eigenvalue weighted by Gasteiger charge is -2.32. The summed E-state index contributed by atoms with van der Waals surface area (Å²) in [7, 11) is 1.66. The summed E-state index contributed by atoms with van der Waals surface area (Å²) in [5.41, 5.74) is 5.89. The Balaban J connectivity index is 1.70. The number of ether oxygens (including phenoxy) is 2. The highest BCUT2D eigenvalue weighted by Gasteiger charge is 2.30. The van der Waals surface area contributed by atoms with Crippen molar-refractivity contribution in [3.63, 3.8) is 0 Å². The number of benzene rings is 4. The van der Waals surface area contributed by atoms with Gasteiger partial charge in [0.25, 0.3) is 0 Å². The van der Waals surface area contributed by atoms with Gasteiger partial charge in [-0.2, -0.15) is 0 Å². The van der Waals surface area contributed by atoms with Gasteiger partial charge in [0.15, 0.2) is 0 Å². The second-order valence-corrected chi connectivity index (χ2v) is 7.74. The zero-order valence-electron chi connectivity index (χ0n) is 18.1. The largest absolute Gasteiger partial charge is 0.496 e. The van der Waals surface area contributed by atoms with Crippen LogP contribution in [0, 0.1) is 5.82 Å². The molecular weight excluding hydrogens is 401 g/mol. The first-order chi connectivity index (χ1) is 15.7. The number of anilines is 2. The Bertz CT molecular complexity index is 1260. The summed E-state index contributed by atoms with van der Waals surface area (Å²) in [6.45, 7) is 2.94. The summed E-state index contributed by atoms with van der Waals surface area (Å²) in [5, 5.41) is 0. The van der Waals surface area contributed by atoms with Gasteiger partial charge in [-0.1, -0.05) is 42.5 Å². The van der Waals surface area contributed by atoms with Crippen molar-refractivity contribution in [3.8, 4) is 22.6 Å². The molecule has 0 saturated carbocycles.